The Morgan fingerprint density at radius 3 is 2.52 bits per heavy atom. The first-order chi connectivity index (χ1) is 10.7. The van der Waals surface area contributed by atoms with Crippen LogP contribution in [0, 0.1) is 0 Å². The minimum absolute atomic E-state index is 0.209. The monoisotopic (exact) mass is 459 g/mol. The number of para-hydroxylation sites is 1. The number of carbonyl (C=O) groups is 1. The summed E-state index contributed by atoms with van der Waals surface area (Å²) in [6.45, 7) is 1.99. The van der Waals surface area contributed by atoms with E-state index in [1.165, 1.54) is 0 Å². The van der Waals surface area contributed by atoms with E-state index in [1.54, 1.807) is 0 Å². The summed E-state index contributed by atoms with van der Waals surface area (Å²) in [4.78, 5) is 11.9. The van der Waals surface area contributed by atoms with Crippen molar-refractivity contribution >= 4 is 79.7 Å². The number of halogens is 4. The van der Waals surface area contributed by atoms with Gasteiger partial charge in [0.1, 0.15) is 6.17 Å². The second kappa shape index (κ2) is 9.89. The molecular weight excluding hydrogens is 445 g/mol. The first-order valence-electron chi connectivity index (χ1n) is 6.92. The summed E-state index contributed by atoms with van der Waals surface area (Å²) in [5, 5.41) is 8.65. The van der Waals surface area contributed by atoms with E-state index >= 15 is 0 Å². The van der Waals surface area contributed by atoms with Crippen LogP contribution in [0.5, 0.6) is 0 Å². The van der Waals surface area contributed by atoms with Crippen LogP contribution in [-0.4, -0.2) is 21.0 Å². The quantitative estimate of drug-likeness (QED) is 0.325. The van der Waals surface area contributed by atoms with Crippen molar-refractivity contribution in [3.63, 3.8) is 0 Å². The highest BCUT2D eigenvalue weighted by Crippen LogP contribution is 2.29. The van der Waals surface area contributed by atoms with Gasteiger partial charge in [-0.1, -0.05) is 60.3 Å². The molecule has 0 saturated heterocycles. The molecule has 0 aromatic heterocycles. The molecule has 4 nitrogen and oxygen atoms in total. The number of thiocarbonyl (C=S) groups is 1. The number of alkyl halides is 3. The molecule has 1 atom stereocenters. The van der Waals surface area contributed by atoms with Crippen LogP contribution in [0.2, 0.25) is 0 Å². The molecule has 1 aromatic rings. The van der Waals surface area contributed by atoms with E-state index in [0.717, 1.165) is 23.0 Å². The standard InChI is InChI=1S/C14H17BrCl3N3OS/c1-2-3-8-11(22)20-12(14(16,17)18)21-13(23)19-10-7-5-4-6-9(10)15/h4-7,12H,2-3,8H2,1H3,(H,20,22)(H2,19,21,23). The number of benzene rings is 1. The maximum atomic E-state index is 11.9. The Bertz CT molecular complexity index is 554. The van der Waals surface area contributed by atoms with Crippen molar-refractivity contribution < 1.29 is 4.79 Å². The van der Waals surface area contributed by atoms with Crippen molar-refractivity contribution in [3.05, 3.63) is 28.7 Å². The Balaban J connectivity index is 2.68. The Morgan fingerprint density at radius 1 is 1.30 bits per heavy atom. The second-order valence-corrected chi connectivity index (χ2v) is 8.36. The molecular formula is C14H17BrCl3N3OS. The van der Waals surface area contributed by atoms with E-state index in [1.807, 2.05) is 31.2 Å². The van der Waals surface area contributed by atoms with E-state index in [-0.39, 0.29) is 11.0 Å². The van der Waals surface area contributed by atoms with Crippen molar-refractivity contribution in [1.29, 1.82) is 0 Å². The highest BCUT2D eigenvalue weighted by atomic mass is 79.9. The van der Waals surface area contributed by atoms with Crippen LogP contribution in [-0.2, 0) is 4.79 Å². The molecule has 0 fully saturated rings. The van der Waals surface area contributed by atoms with Crippen molar-refractivity contribution in [2.45, 2.75) is 36.1 Å². The molecule has 1 rings (SSSR count). The number of unbranched alkanes of at least 4 members (excludes halogenated alkanes) is 1. The summed E-state index contributed by atoms with van der Waals surface area (Å²) >= 11 is 26.4. The fourth-order valence-corrected chi connectivity index (χ4v) is 2.56. The lowest BCUT2D eigenvalue weighted by molar-refractivity contribution is -0.122. The van der Waals surface area contributed by atoms with E-state index < -0.39 is 9.96 Å². The number of carbonyl (C=O) groups excluding carboxylic acids is 1. The Labute approximate surface area is 164 Å². The molecule has 0 aliphatic heterocycles. The average molecular weight is 462 g/mol. The fourth-order valence-electron chi connectivity index (χ4n) is 1.62. The van der Waals surface area contributed by atoms with Crippen LogP contribution in [0.4, 0.5) is 5.69 Å². The van der Waals surface area contributed by atoms with Crippen LogP contribution in [0.25, 0.3) is 0 Å². The molecule has 1 aromatic carbocycles. The molecule has 1 unspecified atom stereocenters. The molecule has 128 valence electrons. The van der Waals surface area contributed by atoms with Crippen LogP contribution in [0.3, 0.4) is 0 Å². The minimum atomic E-state index is -1.75. The summed E-state index contributed by atoms with van der Waals surface area (Å²) in [7, 11) is 0. The number of rotatable bonds is 6. The zero-order chi connectivity index (χ0) is 17.5. The van der Waals surface area contributed by atoms with Gasteiger partial charge in [0.2, 0.25) is 9.70 Å². The predicted molar refractivity (Wildman–Crippen MR) is 105 cm³/mol. The van der Waals surface area contributed by atoms with Crippen molar-refractivity contribution in [2.75, 3.05) is 5.32 Å². The van der Waals surface area contributed by atoms with Gasteiger partial charge in [-0.3, -0.25) is 4.79 Å². The molecule has 0 spiro atoms. The Hall–Kier alpha value is -0.270. The zero-order valence-electron chi connectivity index (χ0n) is 12.3. The lowest BCUT2D eigenvalue weighted by atomic mass is 10.2. The third-order valence-electron chi connectivity index (χ3n) is 2.79. The molecule has 0 heterocycles. The van der Waals surface area contributed by atoms with Gasteiger partial charge in [0, 0.05) is 10.9 Å². The summed E-state index contributed by atoms with van der Waals surface area (Å²) in [5.41, 5.74) is 0.755. The van der Waals surface area contributed by atoms with E-state index in [2.05, 4.69) is 31.9 Å². The average Bonchev–Trinajstić information content (AvgIpc) is 2.46. The SMILES string of the molecule is CCCCC(=O)NC(NC(=S)Nc1ccccc1Br)C(Cl)(Cl)Cl. The van der Waals surface area contributed by atoms with E-state index in [0.29, 0.717) is 6.42 Å². The van der Waals surface area contributed by atoms with Crippen molar-refractivity contribution in [3.8, 4) is 0 Å². The molecule has 0 aliphatic rings. The molecule has 9 heteroatoms. The molecule has 3 N–H and O–H groups in total. The largest absolute Gasteiger partial charge is 0.339 e. The zero-order valence-corrected chi connectivity index (χ0v) is 17.0. The number of amides is 1. The normalized spacial score (nSPS) is 12.4. The maximum absolute atomic E-state index is 11.9. The van der Waals surface area contributed by atoms with Gasteiger partial charge >= 0.3 is 0 Å². The number of hydrogen-bond acceptors (Lipinski definition) is 2. The summed E-state index contributed by atoms with van der Waals surface area (Å²) in [6, 6.07) is 7.44. The van der Waals surface area contributed by atoms with Gasteiger partial charge in [0.25, 0.3) is 0 Å². The molecule has 0 bridgehead atoms. The summed E-state index contributed by atoms with van der Waals surface area (Å²) in [5.74, 6) is -0.209. The van der Waals surface area contributed by atoms with E-state index in [9.17, 15) is 4.79 Å². The van der Waals surface area contributed by atoms with Crippen molar-refractivity contribution in [2.24, 2.45) is 0 Å². The van der Waals surface area contributed by atoms with Crippen LogP contribution in [0.15, 0.2) is 28.7 Å². The van der Waals surface area contributed by atoms with Gasteiger partial charge < -0.3 is 16.0 Å². The van der Waals surface area contributed by atoms with Gasteiger partial charge in [-0.05, 0) is 46.7 Å². The predicted octanol–water partition coefficient (Wildman–Crippen LogP) is 4.74. The van der Waals surface area contributed by atoms with Gasteiger partial charge in [0.05, 0.1) is 5.69 Å². The van der Waals surface area contributed by atoms with Crippen LogP contribution < -0.4 is 16.0 Å². The smallest absolute Gasteiger partial charge is 0.228 e. The fraction of sp³-hybridized carbons (Fsp3) is 0.429. The van der Waals surface area contributed by atoms with Gasteiger partial charge in [0.15, 0.2) is 5.11 Å². The number of nitrogens with one attached hydrogen (secondary N) is 3. The molecule has 0 saturated carbocycles. The Morgan fingerprint density at radius 2 is 1.96 bits per heavy atom. The summed E-state index contributed by atoms with van der Waals surface area (Å²) < 4.78 is -0.914. The van der Waals surface area contributed by atoms with Crippen LogP contribution in [0.1, 0.15) is 26.2 Å². The minimum Gasteiger partial charge on any atom is -0.339 e. The Kier molecular flexibility index (Phi) is 8.93. The van der Waals surface area contributed by atoms with Gasteiger partial charge in [-0.15, -0.1) is 0 Å². The lowest BCUT2D eigenvalue weighted by Gasteiger charge is -2.28. The van der Waals surface area contributed by atoms with Gasteiger partial charge in [-0.2, -0.15) is 0 Å². The number of hydrogen-bond donors (Lipinski definition) is 3. The first-order valence-corrected chi connectivity index (χ1v) is 9.25. The lowest BCUT2D eigenvalue weighted by Crippen LogP contribution is -2.56. The highest BCUT2D eigenvalue weighted by Gasteiger charge is 2.34. The molecule has 0 radical (unpaired) electrons. The third-order valence-corrected chi connectivity index (χ3v) is 4.35. The van der Waals surface area contributed by atoms with Crippen molar-refractivity contribution in [1.82, 2.24) is 10.6 Å². The molecule has 23 heavy (non-hydrogen) atoms. The first kappa shape index (κ1) is 20.8. The van der Waals surface area contributed by atoms with Gasteiger partial charge in [-0.25, -0.2) is 0 Å². The highest BCUT2D eigenvalue weighted by molar-refractivity contribution is 9.10. The van der Waals surface area contributed by atoms with Crippen LogP contribution >= 0.6 is 63.0 Å². The molecule has 1 amide bonds. The molecule has 0 aliphatic carbocycles. The topological polar surface area (TPSA) is 53.2 Å². The third kappa shape index (κ3) is 7.90. The van der Waals surface area contributed by atoms with E-state index in [4.69, 9.17) is 47.0 Å². The summed E-state index contributed by atoms with van der Waals surface area (Å²) in [6.07, 6.45) is 1.08. The second-order valence-electron chi connectivity index (χ2n) is 4.72. The number of anilines is 1. The maximum Gasteiger partial charge on any atom is 0.228 e.